The quantitative estimate of drug-likeness (QED) is 0.773. The minimum Gasteiger partial charge on any atom is -0.237 e. The molecule has 2 heterocycles. The first-order valence-electron chi connectivity index (χ1n) is 6.54. The fourth-order valence-corrected chi connectivity index (χ4v) is 2.18. The van der Waals surface area contributed by atoms with Crippen molar-refractivity contribution in [2.45, 2.75) is 39.5 Å². The fraction of sp³-hybridized carbons (Fsp3) is 0.467. The van der Waals surface area contributed by atoms with E-state index in [0.717, 1.165) is 23.4 Å². The second-order valence-corrected chi connectivity index (χ2v) is 4.57. The Bertz CT molecular complexity index is 475. The molecule has 0 atom stereocenters. The first kappa shape index (κ1) is 12.0. The molecule has 2 rings (SSSR count). The molecule has 2 aromatic rings. The third-order valence-electron chi connectivity index (χ3n) is 3.49. The molecule has 2 aromatic heterocycles. The summed E-state index contributed by atoms with van der Waals surface area (Å²) in [5.41, 5.74) is 2.04. The van der Waals surface area contributed by atoms with E-state index in [1.807, 2.05) is 6.07 Å². The molecule has 0 fully saturated rings. The molecule has 0 N–H and O–H groups in total. The molecule has 2 heteroatoms. The molecule has 0 aliphatic rings. The van der Waals surface area contributed by atoms with E-state index in [1.54, 1.807) is 6.20 Å². The van der Waals surface area contributed by atoms with E-state index in [0.29, 0.717) is 0 Å². The normalized spacial score (nSPS) is 11.2. The van der Waals surface area contributed by atoms with Gasteiger partial charge in [0.1, 0.15) is 0 Å². The van der Waals surface area contributed by atoms with Crippen LogP contribution in [0.4, 0.5) is 0 Å². The number of aromatic nitrogens is 2. The van der Waals surface area contributed by atoms with Gasteiger partial charge in [0.25, 0.3) is 0 Å². The van der Waals surface area contributed by atoms with Crippen LogP contribution in [-0.2, 0) is 6.42 Å². The standard InChI is InChI=1S/C15H20N2/c1-3-12(4-2)7-9-14-10-8-13-6-5-11-16-15(13)17-14/h5-6,8,10-12H,3-4,7,9H2,1-2H3. The second-order valence-electron chi connectivity index (χ2n) is 4.57. The Morgan fingerprint density at radius 2 is 1.94 bits per heavy atom. The highest BCUT2D eigenvalue weighted by atomic mass is 14.8. The Balaban J connectivity index is 2.09. The monoisotopic (exact) mass is 228 g/mol. The van der Waals surface area contributed by atoms with E-state index in [2.05, 4.69) is 42.0 Å². The molecule has 2 nitrogen and oxygen atoms in total. The molecule has 0 aromatic carbocycles. The van der Waals surface area contributed by atoms with E-state index in [-0.39, 0.29) is 0 Å². The molecule has 0 spiro atoms. The first-order chi connectivity index (χ1) is 8.33. The van der Waals surface area contributed by atoms with Gasteiger partial charge in [0.15, 0.2) is 5.65 Å². The zero-order valence-corrected chi connectivity index (χ0v) is 10.7. The summed E-state index contributed by atoms with van der Waals surface area (Å²) in [5.74, 6) is 0.830. The molecule has 0 bridgehead atoms. The minimum absolute atomic E-state index is 0.830. The van der Waals surface area contributed by atoms with Crippen molar-refractivity contribution in [3.05, 3.63) is 36.2 Å². The molecule has 90 valence electrons. The van der Waals surface area contributed by atoms with Gasteiger partial charge in [0, 0.05) is 17.3 Å². The van der Waals surface area contributed by atoms with Gasteiger partial charge in [-0.2, -0.15) is 0 Å². The topological polar surface area (TPSA) is 25.8 Å². The van der Waals surface area contributed by atoms with Gasteiger partial charge < -0.3 is 0 Å². The van der Waals surface area contributed by atoms with E-state index < -0.39 is 0 Å². The molecule has 0 amide bonds. The van der Waals surface area contributed by atoms with E-state index in [4.69, 9.17) is 0 Å². The maximum absolute atomic E-state index is 4.60. The van der Waals surface area contributed by atoms with Crippen LogP contribution in [-0.4, -0.2) is 9.97 Å². The highest BCUT2D eigenvalue weighted by molar-refractivity contribution is 5.74. The smallest absolute Gasteiger partial charge is 0.159 e. The number of hydrogen-bond acceptors (Lipinski definition) is 2. The fourth-order valence-electron chi connectivity index (χ4n) is 2.18. The summed E-state index contributed by atoms with van der Waals surface area (Å²) in [4.78, 5) is 8.90. The van der Waals surface area contributed by atoms with Crippen LogP contribution in [0.3, 0.4) is 0 Å². The largest absolute Gasteiger partial charge is 0.237 e. The molecule has 0 radical (unpaired) electrons. The number of pyridine rings is 2. The first-order valence-corrected chi connectivity index (χ1v) is 6.54. The number of fused-ring (bicyclic) bond motifs is 1. The Morgan fingerprint density at radius 3 is 2.71 bits per heavy atom. The van der Waals surface area contributed by atoms with Crippen molar-refractivity contribution in [2.24, 2.45) is 5.92 Å². The van der Waals surface area contributed by atoms with Gasteiger partial charge in [-0.25, -0.2) is 9.97 Å². The zero-order valence-electron chi connectivity index (χ0n) is 10.7. The van der Waals surface area contributed by atoms with Crippen molar-refractivity contribution in [3.8, 4) is 0 Å². The molecule has 0 aliphatic carbocycles. The van der Waals surface area contributed by atoms with Gasteiger partial charge >= 0.3 is 0 Å². The van der Waals surface area contributed by atoms with Crippen LogP contribution in [0.2, 0.25) is 0 Å². The van der Waals surface area contributed by atoms with E-state index >= 15 is 0 Å². The molecule has 0 saturated heterocycles. The maximum Gasteiger partial charge on any atom is 0.159 e. The molecule has 17 heavy (non-hydrogen) atoms. The van der Waals surface area contributed by atoms with Crippen LogP contribution < -0.4 is 0 Å². The molecule has 0 saturated carbocycles. The predicted molar refractivity (Wildman–Crippen MR) is 71.9 cm³/mol. The van der Waals surface area contributed by atoms with E-state index in [9.17, 15) is 0 Å². The highest BCUT2D eigenvalue weighted by Gasteiger charge is 2.05. The van der Waals surface area contributed by atoms with Gasteiger partial charge in [-0.1, -0.05) is 26.7 Å². The maximum atomic E-state index is 4.60. The number of nitrogens with zero attached hydrogens (tertiary/aromatic N) is 2. The van der Waals surface area contributed by atoms with Crippen LogP contribution in [0, 0.1) is 5.92 Å². The van der Waals surface area contributed by atoms with Crippen LogP contribution >= 0.6 is 0 Å². The summed E-state index contributed by atoms with van der Waals surface area (Å²) in [5, 5.41) is 1.12. The van der Waals surface area contributed by atoms with Gasteiger partial charge in [0.05, 0.1) is 0 Å². The Labute approximate surface area is 103 Å². The third-order valence-corrected chi connectivity index (χ3v) is 3.49. The molecular weight excluding hydrogens is 208 g/mol. The van der Waals surface area contributed by atoms with Crippen molar-refractivity contribution in [3.63, 3.8) is 0 Å². The lowest BCUT2D eigenvalue weighted by atomic mass is 9.96. The lowest BCUT2D eigenvalue weighted by Gasteiger charge is -2.11. The Hall–Kier alpha value is -1.44. The average Bonchev–Trinajstić information content (AvgIpc) is 2.40. The van der Waals surface area contributed by atoms with Gasteiger partial charge in [-0.3, -0.25) is 0 Å². The Kier molecular flexibility index (Phi) is 4.08. The van der Waals surface area contributed by atoms with Gasteiger partial charge in [-0.05, 0) is 43.0 Å². The number of hydrogen-bond donors (Lipinski definition) is 0. The lowest BCUT2D eigenvalue weighted by molar-refractivity contribution is 0.454. The highest BCUT2D eigenvalue weighted by Crippen LogP contribution is 2.16. The van der Waals surface area contributed by atoms with Gasteiger partial charge in [0.2, 0.25) is 0 Å². The number of aryl methyl sites for hydroxylation is 1. The van der Waals surface area contributed by atoms with E-state index in [1.165, 1.54) is 25.0 Å². The summed E-state index contributed by atoms with van der Waals surface area (Å²) in [6.07, 6.45) is 6.64. The molecule has 0 unspecified atom stereocenters. The van der Waals surface area contributed by atoms with Crippen LogP contribution in [0.25, 0.3) is 11.0 Å². The SMILES string of the molecule is CCC(CC)CCc1ccc2cccnc2n1. The zero-order chi connectivity index (χ0) is 12.1. The summed E-state index contributed by atoms with van der Waals surface area (Å²) in [6, 6.07) is 8.26. The van der Waals surface area contributed by atoms with Crippen molar-refractivity contribution in [2.75, 3.05) is 0 Å². The predicted octanol–water partition coefficient (Wildman–Crippen LogP) is 4.00. The average molecular weight is 228 g/mol. The second kappa shape index (κ2) is 5.76. The van der Waals surface area contributed by atoms with Crippen molar-refractivity contribution >= 4 is 11.0 Å². The lowest BCUT2D eigenvalue weighted by Crippen LogP contribution is -2.00. The molecule has 0 aliphatic heterocycles. The number of rotatable bonds is 5. The Morgan fingerprint density at radius 1 is 1.12 bits per heavy atom. The van der Waals surface area contributed by atoms with Crippen molar-refractivity contribution < 1.29 is 0 Å². The summed E-state index contributed by atoms with van der Waals surface area (Å²) < 4.78 is 0. The van der Waals surface area contributed by atoms with Crippen LogP contribution in [0.5, 0.6) is 0 Å². The summed E-state index contributed by atoms with van der Waals surface area (Å²) in [6.45, 7) is 4.53. The minimum atomic E-state index is 0.830. The molecular formula is C15H20N2. The van der Waals surface area contributed by atoms with Crippen molar-refractivity contribution in [1.29, 1.82) is 0 Å². The van der Waals surface area contributed by atoms with Crippen LogP contribution in [0.15, 0.2) is 30.5 Å². The van der Waals surface area contributed by atoms with Gasteiger partial charge in [-0.15, -0.1) is 0 Å². The third kappa shape index (κ3) is 3.02. The van der Waals surface area contributed by atoms with Crippen LogP contribution in [0.1, 0.15) is 38.8 Å². The van der Waals surface area contributed by atoms with Crippen molar-refractivity contribution in [1.82, 2.24) is 9.97 Å². The summed E-state index contributed by atoms with van der Waals surface area (Å²) in [7, 11) is 0. The summed E-state index contributed by atoms with van der Waals surface area (Å²) >= 11 is 0.